The Balaban J connectivity index is 0.000000162. The zero-order valence-electron chi connectivity index (χ0n) is 5.77. The molecule has 1 fully saturated rings. The van der Waals surface area contributed by atoms with Crippen LogP contribution in [-0.2, 0) is 0 Å². The number of hydrogen-bond donors (Lipinski definition) is 4. The lowest BCUT2D eigenvalue weighted by Crippen LogP contribution is -1.71. The molecule has 0 aromatic rings. The van der Waals surface area contributed by atoms with Gasteiger partial charge in [-0.05, 0) is 24.3 Å². The van der Waals surface area contributed by atoms with Gasteiger partial charge >= 0.3 is 0 Å². The van der Waals surface area contributed by atoms with Crippen LogP contribution in [-0.4, -0.2) is 22.0 Å². The van der Waals surface area contributed by atoms with Crippen molar-refractivity contribution in [2.24, 2.45) is 0 Å². The first-order valence-corrected chi connectivity index (χ1v) is 5.60. The highest BCUT2D eigenvalue weighted by Gasteiger charge is 2.29. The van der Waals surface area contributed by atoms with Crippen LogP contribution in [0.4, 0.5) is 0 Å². The molecule has 2 unspecified atom stereocenters. The second-order valence-electron chi connectivity index (χ2n) is 2.17. The van der Waals surface area contributed by atoms with Crippen LogP contribution in [0.2, 0.25) is 0 Å². The van der Waals surface area contributed by atoms with Crippen molar-refractivity contribution in [2.75, 3.05) is 11.5 Å². The summed E-state index contributed by atoms with van der Waals surface area (Å²) in [5, 5.41) is 1.22. The van der Waals surface area contributed by atoms with Gasteiger partial charge in [0.2, 0.25) is 0 Å². The lowest BCUT2D eigenvalue weighted by Gasteiger charge is -1.78. The second kappa shape index (κ2) is 7.07. The van der Waals surface area contributed by atoms with Crippen molar-refractivity contribution in [3.63, 3.8) is 0 Å². The van der Waals surface area contributed by atoms with Crippen molar-refractivity contribution in [1.82, 2.24) is 0 Å². The van der Waals surface area contributed by atoms with Crippen molar-refractivity contribution in [3.8, 4) is 0 Å². The smallest absolute Gasteiger partial charge is 0.0145 e. The highest BCUT2D eigenvalue weighted by Crippen LogP contribution is 2.32. The first-order valence-electron chi connectivity index (χ1n) is 3.30. The van der Waals surface area contributed by atoms with Crippen LogP contribution in [0.5, 0.6) is 0 Å². The number of rotatable bonds is 2. The van der Waals surface area contributed by atoms with E-state index in [0.29, 0.717) is 10.5 Å². The van der Waals surface area contributed by atoms with Gasteiger partial charge in [0.25, 0.3) is 0 Å². The number of thiol groups is 4. The second-order valence-corrected chi connectivity index (χ2v) is 4.39. The molecule has 0 aliphatic heterocycles. The monoisotopic (exact) mass is 214 g/mol. The molecule has 4 heteroatoms. The Bertz CT molecular complexity index is 68.1. The van der Waals surface area contributed by atoms with Gasteiger partial charge in [-0.15, -0.1) is 0 Å². The van der Waals surface area contributed by atoms with Crippen LogP contribution >= 0.6 is 50.5 Å². The molecule has 0 aromatic heterocycles. The summed E-state index contributed by atoms with van der Waals surface area (Å²) in [6.07, 6.45) is 2.32. The van der Waals surface area contributed by atoms with Crippen LogP contribution in [0.3, 0.4) is 0 Å². The molecule has 0 saturated heterocycles. The Hall–Kier alpha value is 1.40. The molecular weight excluding hydrogens is 200 g/mol. The molecule has 0 N–H and O–H groups in total. The van der Waals surface area contributed by atoms with Crippen LogP contribution < -0.4 is 0 Å². The summed E-state index contributed by atoms with van der Waals surface area (Å²) >= 11 is 16.1. The molecule has 0 nitrogen and oxygen atoms in total. The van der Waals surface area contributed by atoms with Gasteiger partial charge in [0.05, 0.1) is 0 Å². The van der Waals surface area contributed by atoms with Crippen LogP contribution in [0.25, 0.3) is 0 Å². The molecule has 0 radical (unpaired) electrons. The normalized spacial score (nSPS) is 28.8. The quantitative estimate of drug-likeness (QED) is 0.498. The van der Waals surface area contributed by atoms with Gasteiger partial charge in [-0.25, -0.2) is 0 Å². The predicted octanol–water partition coefficient (Wildman–Crippen LogP) is 2.22. The molecule has 2 atom stereocenters. The lowest BCUT2D eigenvalue weighted by atomic mass is 10.6. The van der Waals surface area contributed by atoms with Gasteiger partial charge in [-0.3, -0.25) is 0 Å². The Morgan fingerprint density at radius 3 is 1.30 bits per heavy atom. The van der Waals surface area contributed by atoms with Crippen molar-refractivity contribution in [2.45, 2.75) is 23.3 Å². The summed E-state index contributed by atoms with van der Waals surface area (Å²) in [4.78, 5) is 0. The molecule has 1 aliphatic rings. The van der Waals surface area contributed by atoms with E-state index in [1.54, 1.807) is 0 Å². The summed E-state index contributed by atoms with van der Waals surface area (Å²) in [5.41, 5.74) is 0. The molecule has 0 amide bonds. The van der Waals surface area contributed by atoms with Crippen molar-refractivity contribution in [1.29, 1.82) is 0 Å². The Morgan fingerprint density at radius 2 is 1.30 bits per heavy atom. The number of hydrogen-bond acceptors (Lipinski definition) is 4. The molecule has 1 saturated carbocycles. The predicted molar refractivity (Wildman–Crippen MR) is 62.5 cm³/mol. The third-order valence-electron chi connectivity index (χ3n) is 1.04. The third kappa shape index (κ3) is 7.51. The average molecular weight is 214 g/mol. The summed E-state index contributed by atoms with van der Waals surface area (Å²) in [6, 6.07) is 0. The van der Waals surface area contributed by atoms with Gasteiger partial charge in [0.15, 0.2) is 0 Å². The zero-order chi connectivity index (χ0) is 7.98. The van der Waals surface area contributed by atoms with Crippen molar-refractivity contribution >= 4 is 50.5 Å². The van der Waals surface area contributed by atoms with Gasteiger partial charge in [-0.1, -0.05) is 0 Å². The van der Waals surface area contributed by atoms with Crippen LogP contribution in [0, 0.1) is 0 Å². The molecule has 62 valence electrons. The minimum Gasteiger partial charge on any atom is -0.179 e. The van der Waals surface area contributed by atoms with Crippen molar-refractivity contribution in [3.05, 3.63) is 0 Å². The Morgan fingerprint density at radius 1 is 1.00 bits per heavy atom. The van der Waals surface area contributed by atoms with E-state index in [9.17, 15) is 0 Å². The van der Waals surface area contributed by atoms with Gasteiger partial charge in [-0.2, -0.15) is 50.5 Å². The first-order chi connectivity index (χ1) is 4.72. The zero-order valence-corrected chi connectivity index (χ0v) is 9.35. The lowest BCUT2D eigenvalue weighted by molar-refractivity contribution is 1.14. The molecule has 0 aromatic carbocycles. The standard InChI is InChI=1S/C3H6S2.C3H8S2/c4-2-1-3(2)5;4-2-1-3-5/h2-5H,1H2;4-5H,1-3H2. The molecule has 10 heavy (non-hydrogen) atoms. The van der Waals surface area contributed by atoms with E-state index in [-0.39, 0.29) is 0 Å². The van der Waals surface area contributed by atoms with E-state index in [0.717, 1.165) is 17.9 Å². The first kappa shape index (κ1) is 11.4. The van der Waals surface area contributed by atoms with E-state index < -0.39 is 0 Å². The van der Waals surface area contributed by atoms with E-state index in [1.807, 2.05) is 0 Å². The minimum atomic E-state index is 0.610. The summed E-state index contributed by atoms with van der Waals surface area (Å²) in [7, 11) is 0. The van der Waals surface area contributed by atoms with Gasteiger partial charge in [0, 0.05) is 10.5 Å². The largest absolute Gasteiger partial charge is 0.179 e. The fraction of sp³-hybridized carbons (Fsp3) is 1.00. The van der Waals surface area contributed by atoms with Gasteiger partial charge < -0.3 is 0 Å². The SMILES string of the molecule is SC1CC1S.SCCCS. The van der Waals surface area contributed by atoms with Crippen molar-refractivity contribution < 1.29 is 0 Å². The maximum Gasteiger partial charge on any atom is 0.0145 e. The fourth-order valence-electron chi connectivity index (χ4n) is 0.240. The molecule has 1 aliphatic carbocycles. The van der Waals surface area contributed by atoms with E-state index in [2.05, 4.69) is 50.5 Å². The molecular formula is C6H14S4. The molecule has 0 heterocycles. The topological polar surface area (TPSA) is 0 Å². The third-order valence-corrected chi connectivity index (χ3v) is 3.05. The maximum absolute atomic E-state index is 4.10. The van der Waals surface area contributed by atoms with Gasteiger partial charge in [0.1, 0.15) is 0 Å². The Labute approximate surface area is 85.2 Å². The molecule has 0 spiro atoms. The van der Waals surface area contributed by atoms with Crippen LogP contribution in [0.15, 0.2) is 0 Å². The average Bonchev–Trinajstić information content (AvgIpc) is 2.49. The highest BCUT2D eigenvalue weighted by atomic mass is 32.1. The summed E-state index contributed by atoms with van der Waals surface area (Å²) < 4.78 is 0. The fourth-order valence-corrected chi connectivity index (χ4v) is 1.43. The molecule has 1 rings (SSSR count). The van der Waals surface area contributed by atoms with E-state index in [1.165, 1.54) is 6.42 Å². The Kier molecular flexibility index (Phi) is 8.06. The van der Waals surface area contributed by atoms with E-state index >= 15 is 0 Å². The van der Waals surface area contributed by atoms with E-state index in [4.69, 9.17) is 0 Å². The van der Waals surface area contributed by atoms with Crippen LogP contribution in [0.1, 0.15) is 12.8 Å². The highest BCUT2D eigenvalue weighted by molar-refractivity contribution is 7.86. The summed E-state index contributed by atoms with van der Waals surface area (Å²) in [5.74, 6) is 1.92. The molecule has 0 bridgehead atoms. The maximum atomic E-state index is 4.10. The minimum absolute atomic E-state index is 0.610. The summed E-state index contributed by atoms with van der Waals surface area (Å²) in [6.45, 7) is 0.